The van der Waals surface area contributed by atoms with Crippen molar-refractivity contribution < 1.29 is 18.7 Å². The molecule has 3 aromatic rings. The number of carbonyl (C=O) groups excluding carboxylic acids is 2. The first-order valence-corrected chi connectivity index (χ1v) is 9.67. The van der Waals surface area contributed by atoms with Crippen molar-refractivity contribution in [1.82, 2.24) is 10.2 Å². The predicted molar refractivity (Wildman–Crippen MR) is 115 cm³/mol. The summed E-state index contributed by atoms with van der Waals surface area (Å²) in [7, 11) is 1.70. The number of para-hydroxylation sites is 1. The quantitative estimate of drug-likeness (QED) is 0.541. The first-order chi connectivity index (χ1) is 14.5. The highest BCUT2D eigenvalue weighted by Gasteiger charge is 2.11. The Bertz CT molecular complexity index is 974. The van der Waals surface area contributed by atoms with E-state index in [1.807, 2.05) is 12.1 Å². The van der Waals surface area contributed by atoms with Crippen molar-refractivity contribution in [2.24, 2.45) is 0 Å². The van der Waals surface area contributed by atoms with Crippen LogP contribution in [0.4, 0.5) is 5.69 Å². The predicted octanol–water partition coefficient (Wildman–Crippen LogP) is 3.91. The summed E-state index contributed by atoms with van der Waals surface area (Å²) in [5, 5.41) is 6.05. The molecule has 0 bridgehead atoms. The molecule has 7 nitrogen and oxygen atoms in total. The van der Waals surface area contributed by atoms with Crippen LogP contribution in [0.2, 0.25) is 5.02 Å². The molecule has 2 amide bonds. The van der Waals surface area contributed by atoms with Gasteiger partial charge >= 0.3 is 0 Å². The molecule has 0 aliphatic carbocycles. The summed E-state index contributed by atoms with van der Waals surface area (Å²) in [5.74, 6) is 1.42. The van der Waals surface area contributed by atoms with Crippen LogP contribution in [0.3, 0.4) is 0 Å². The van der Waals surface area contributed by atoms with Gasteiger partial charge in [-0.25, -0.2) is 0 Å². The molecule has 0 fully saturated rings. The van der Waals surface area contributed by atoms with Crippen LogP contribution in [-0.4, -0.2) is 36.9 Å². The van der Waals surface area contributed by atoms with Crippen molar-refractivity contribution in [3.05, 3.63) is 77.7 Å². The number of likely N-dealkylation sites (N-methyl/N-ethyl adjacent to an activating group) is 1. The molecular formula is C22H22ClN3O4. The van der Waals surface area contributed by atoms with E-state index in [1.165, 1.54) is 0 Å². The van der Waals surface area contributed by atoms with Crippen LogP contribution in [0.15, 0.2) is 71.3 Å². The minimum atomic E-state index is -0.226. The van der Waals surface area contributed by atoms with E-state index in [2.05, 4.69) is 10.6 Å². The normalized spacial score (nSPS) is 10.6. The van der Waals surface area contributed by atoms with Gasteiger partial charge in [0.15, 0.2) is 0 Å². The summed E-state index contributed by atoms with van der Waals surface area (Å²) in [4.78, 5) is 25.8. The highest BCUT2D eigenvalue weighted by atomic mass is 35.5. The maximum atomic E-state index is 12.2. The molecule has 8 heteroatoms. The Morgan fingerprint density at radius 1 is 1.00 bits per heavy atom. The van der Waals surface area contributed by atoms with Crippen LogP contribution in [0.1, 0.15) is 5.76 Å². The Balaban J connectivity index is 1.42. The third kappa shape index (κ3) is 6.65. The molecule has 1 aromatic heterocycles. The van der Waals surface area contributed by atoms with Crippen LogP contribution in [0.5, 0.6) is 11.5 Å². The number of ether oxygens (including phenoxy) is 1. The molecule has 3 rings (SSSR count). The fraction of sp³-hybridized carbons (Fsp3) is 0.182. The fourth-order valence-electron chi connectivity index (χ4n) is 2.66. The van der Waals surface area contributed by atoms with E-state index in [1.54, 1.807) is 66.7 Å². The van der Waals surface area contributed by atoms with E-state index in [-0.39, 0.29) is 24.9 Å². The maximum Gasteiger partial charge on any atom is 0.238 e. The summed E-state index contributed by atoms with van der Waals surface area (Å²) >= 11 is 6.08. The van der Waals surface area contributed by atoms with Crippen LogP contribution >= 0.6 is 11.6 Å². The Morgan fingerprint density at radius 3 is 2.43 bits per heavy atom. The molecule has 1 heterocycles. The minimum absolute atomic E-state index is 0.0754. The number of nitrogens with zero attached hydrogens (tertiary/aromatic N) is 1. The lowest BCUT2D eigenvalue weighted by molar-refractivity contribution is -0.123. The van der Waals surface area contributed by atoms with Crippen LogP contribution in [0, 0.1) is 0 Å². The van der Waals surface area contributed by atoms with E-state index in [4.69, 9.17) is 20.8 Å². The third-order valence-electron chi connectivity index (χ3n) is 4.07. The van der Waals surface area contributed by atoms with E-state index in [0.29, 0.717) is 34.5 Å². The maximum absolute atomic E-state index is 12.2. The van der Waals surface area contributed by atoms with Crippen molar-refractivity contribution in [1.29, 1.82) is 0 Å². The van der Waals surface area contributed by atoms with Gasteiger partial charge in [0.25, 0.3) is 0 Å². The summed E-state index contributed by atoms with van der Waals surface area (Å²) in [6.45, 7) is 0.485. The van der Waals surface area contributed by atoms with Gasteiger partial charge in [0.1, 0.15) is 17.3 Å². The second kappa shape index (κ2) is 10.5. The molecule has 2 aromatic carbocycles. The molecule has 0 unspecified atom stereocenters. The van der Waals surface area contributed by atoms with Crippen molar-refractivity contribution in [3.8, 4) is 11.5 Å². The first kappa shape index (κ1) is 21.4. The number of nitrogens with one attached hydrogen (secondary N) is 2. The van der Waals surface area contributed by atoms with Crippen molar-refractivity contribution in [2.45, 2.75) is 6.54 Å². The molecule has 0 aliphatic rings. The molecule has 0 saturated heterocycles. The Kier molecular flexibility index (Phi) is 7.48. The second-order valence-electron chi connectivity index (χ2n) is 6.63. The molecule has 0 atom stereocenters. The molecule has 156 valence electrons. The molecule has 0 saturated carbocycles. The number of anilines is 1. The van der Waals surface area contributed by atoms with Gasteiger partial charge in [0.2, 0.25) is 11.8 Å². The van der Waals surface area contributed by atoms with Crippen molar-refractivity contribution in [3.63, 3.8) is 0 Å². The van der Waals surface area contributed by atoms with Gasteiger partial charge in [-0.1, -0.05) is 23.7 Å². The van der Waals surface area contributed by atoms with Gasteiger partial charge in [-0.15, -0.1) is 0 Å². The number of rotatable bonds is 9. The minimum Gasteiger partial charge on any atom is -0.467 e. The summed E-state index contributed by atoms with van der Waals surface area (Å²) in [6.07, 6.45) is 1.55. The lowest BCUT2D eigenvalue weighted by Gasteiger charge is -2.16. The fourth-order valence-corrected chi connectivity index (χ4v) is 2.84. The zero-order valence-electron chi connectivity index (χ0n) is 16.4. The van der Waals surface area contributed by atoms with Crippen LogP contribution in [0.25, 0.3) is 0 Å². The lowest BCUT2D eigenvalue weighted by atomic mass is 10.3. The van der Waals surface area contributed by atoms with E-state index in [9.17, 15) is 9.59 Å². The number of hydrogen-bond acceptors (Lipinski definition) is 5. The molecule has 0 spiro atoms. The van der Waals surface area contributed by atoms with Gasteiger partial charge in [-0.2, -0.15) is 0 Å². The average molecular weight is 428 g/mol. The van der Waals surface area contributed by atoms with E-state index < -0.39 is 0 Å². The molecule has 30 heavy (non-hydrogen) atoms. The SMILES string of the molecule is CN(CC(=O)NCc1ccco1)CC(=O)Nc1ccc(Oc2ccccc2Cl)cc1. The van der Waals surface area contributed by atoms with Gasteiger partial charge in [0.05, 0.1) is 30.9 Å². The number of benzene rings is 2. The first-order valence-electron chi connectivity index (χ1n) is 9.29. The third-order valence-corrected chi connectivity index (χ3v) is 4.38. The Morgan fingerprint density at radius 2 is 1.73 bits per heavy atom. The van der Waals surface area contributed by atoms with E-state index in [0.717, 1.165) is 0 Å². The standard InChI is InChI=1S/C22H22ClN3O4/c1-26(14-21(27)24-13-18-5-4-12-29-18)15-22(28)25-16-8-10-17(11-9-16)30-20-7-3-2-6-19(20)23/h2-12H,13-15H2,1H3,(H,24,27)(H,25,28). The summed E-state index contributed by atoms with van der Waals surface area (Å²) in [5.41, 5.74) is 0.627. The lowest BCUT2D eigenvalue weighted by Crippen LogP contribution is -2.38. The Hall–Kier alpha value is -3.29. The number of carbonyl (C=O) groups is 2. The highest BCUT2D eigenvalue weighted by Crippen LogP contribution is 2.29. The number of halogens is 1. The molecule has 2 N–H and O–H groups in total. The average Bonchev–Trinajstić information content (AvgIpc) is 3.23. The van der Waals surface area contributed by atoms with Crippen molar-refractivity contribution in [2.75, 3.05) is 25.5 Å². The summed E-state index contributed by atoms with van der Waals surface area (Å²) < 4.78 is 10.9. The van der Waals surface area contributed by atoms with Crippen LogP contribution in [-0.2, 0) is 16.1 Å². The molecule has 0 aliphatic heterocycles. The van der Waals surface area contributed by atoms with Gasteiger partial charge in [0, 0.05) is 5.69 Å². The van der Waals surface area contributed by atoms with E-state index >= 15 is 0 Å². The monoisotopic (exact) mass is 427 g/mol. The van der Waals surface area contributed by atoms with Gasteiger partial charge in [-0.05, 0) is 55.6 Å². The zero-order chi connectivity index (χ0) is 21.3. The Labute approximate surface area is 179 Å². The van der Waals surface area contributed by atoms with Gasteiger partial charge in [-0.3, -0.25) is 14.5 Å². The number of amides is 2. The summed E-state index contributed by atoms with van der Waals surface area (Å²) in [6, 6.07) is 17.7. The van der Waals surface area contributed by atoms with Crippen LogP contribution < -0.4 is 15.4 Å². The number of furan rings is 1. The van der Waals surface area contributed by atoms with Gasteiger partial charge < -0.3 is 19.8 Å². The number of hydrogen-bond donors (Lipinski definition) is 2. The van der Waals surface area contributed by atoms with Crippen molar-refractivity contribution >= 4 is 29.1 Å². The largest absolute Gasteiger partial charge is 0.467 e. The topological polar surface area (TPSA) is 83.8 Å². The second-order valence-corrected chi connectivity index (χ2v) is 7.04. The molecule has 0 radical (unpaired) electrons. The smallest absolute Gasteiger partial charge is 0.238 e. The highest BCUT2D eigenvalue weighted by molar-refractivity contribution is 6.32. The zero-order valence-corrected chi connectivity index (χ0v) is 17.2. The molecular weight excluding hydrogens is 406 g/mol.